The summed E-state index contributed by atoms with van der Waals surface area (Å²) in [4.78, 5) is 13.3. The van der Waals surface area contributed by atoms with E-state index in [1.807, 2.05) is 30.3 Å². The van der Waals surface area contributed by atoms with Crippen LogP contribution >= 0.6 is 12.6 Å². The average Bonchev–Trinajstić information content (AvgIpc) is 2.40. The van der Waals surface area contributed by atoms with Crippen molar-refractivity contribution in [3.05, 3.63) is 35.9 Å². The number of halogens is 1. The third-order valence-corrected chi connectivity index (χ3v) is 3.45. The number of nitrogens with zero attached hydrogens (tertiary/aromatic N) is 1. The molecule has 2 atom stereocenters. The summed E-state index contributed by atoms with van der Waals surface area (Å²) in [5, 5.41) is -0.414. The molecule has 1 saturated heterocycles. The number of ether oxygens (including phenoxy) is 1. The fourth-order valence-corrected chi connectivity index (χ4v) is 2.23. The molecule has 0 N–H and O–H groups in total. The molecule has 0 spiro atoms. The van der Waals surface area contributed by atoms with Gasteiger partial charge in [-0.1, -0.05) is 30.3 Å². The van der Waals surface area contributed by atoms with Gasteiger partial charge in [0.1, 0.15) is 12.8 Å². The minimum atomic E-state index is -0.938. The SMILES string of the molecule is O=C(OCc1ccccc1)N1CC[C@H](F)[C@@H](S)C1. The average molecular weight is 269 g/mol. The summed E-state index contributed by atoms with van der Waals surface area (Å²) >= 11 is 4.12. The molecule has 0 aliphatic carbocycles. The predicted octanol–water partition coefficient (Wildman–Crippen LogP) is 2.67. The van der Waals surface area contributed by atoms with Gasteiger partial charge in [-0.25, -0.2) is 9.18 Å². The van der Waals surface area contributed by atoms with Crippen molar-refractivity contribution in [3.8, 4) is 0 Å². The predicted molar refractivity (Wildman–Crippen MR) is 70.5 cm³/mol. The zero-order chi connectivity index (χ0) is 13.0. The quantitative estimate of drug-likeness (QED) is 0.836. The number of benzene rings is 1. The summed E-state index contributed by atoms with van der Waals surface area (Å²) in [6, 6.07) is 9.47. The van der Waals surface area contributed by atoms with Gasteiger partial charge in [-0.15, -0.1) is 0 Å². The summed E-state index contributed by atoms with van der Waals surface area (Å²) in [6.45, 7) is 0.941. The smallest absolute Gasteiger partial charge is 0.410 e. The van der Waals surface area contributed by atoms with Crippen LogP contribution in [0.5, 0.6) is 0 Å². The fourth-order valence-electron chi connectivity index (χ4n) is 1.88. The highest BCUT2D eigenvalue weighted by molar-refractivity contribution is 7.81. The van der Waals surface area contributed by atoms with E-state index < -0.39 is 17.5 Å². The summed E-state index contributed by atoms with van der Waals surface area (Å²) in [5.41, 5.74) is 0.939. The number of rotatable bonds is 2. The first-order valence-corrected chi connectivity index (χ1v) is 6.46. The second kappa shape index (κ2) is 6.09. The number of amides is 1. The summed E-state index contributed by atoms with van der Waals surface area (Å²) < 4.78 is 18.4. The standard InChI is InChI=1S/C13H16FNO2S/c14-11-6-7-15(8-12(11)18)13(16)17-9-10-4-2-1-3-5-10/h1-5,11-12,18H,6-9H2/t11-,12-/m0/s1. The van der Waals surface area contributed by atoms with E-state index in [1.165, 1.54) is 4.90 Å². The molecule has 0 unspecified atom stereocenters. The van der Waals surface area contributed by atoms with Crippen LogP contribution in [0, 0.1) is 0 Å². The molecule has 98 valence electrons. The molecule has 18 heavy (non-hydrogen) atoms. The molecule has 1 fully saturated rings. The summed E-state index contributed by atoms with van der Waals surface area (Å²) in [6.07, 6.45) is -1.01. The van der Waals surface area contributed by atoms with E-state index in [4.69, 9.17) is 4.74 Å². The Kier molecular flexibility index (Phi) is 4.47. The van der Waals surface area contributed by atoms with Crippen molar-refractivity contribution in [2.75, 3.05) is 13.1 Å². The van der Waals surface area contributed by atoms with Gasteiger partial charge in [0.05, 0.1) is 5.25 Å². The highest BCUT2D eigenvalue weighted by atomic mass is 32.1. The van der Waals surface area contributed by atoms with Crippen LogP contribution in [0.4, 0.5) is 9.18 Å². The van der Waals surface area contributed by atoms with Crippen LogP contribution in [0.1, 0.15) is 12.0 Å². The first kappa shape index (κ1) is 13.2. The molecule has 3 nitrogen and oxygen atoms in total. The minimum absolute atomic E-state index is 0.243. The van der Waals surface area contributed by atoms with Gasteiger partial charge in [0.15, 0.2) is 0 Å². The first-order chi connectivity index (χ1) is 8.66. The Hall–Kier alpha value is -1.23. The number of thiol groups is 1. The Labute approximate surface area is 111 Å². The van der Waals surface area contributed by atoms with Crippen LogP contribution < -0.4 is 0 Å². The zero-order valence-corrected chi connectivity index (χ0v) is 10.9. The molecule has 0 bridgehead atoms. The van der Waals surface area contributed by atoms with Crippen LogP contribution in [0.2, 0.25) is 0 Å². The maximum Gasteiger partial charge on any atom is 0.410 e. The number of likely N-dealkylation sites (tertiary alicyclic amines) is 1. The topological polar surface area (TPSA) is 29.5 Å². The van der Waals surface area contributed by atoms with Gasteiger partial charge in [-0.3, -0.25) is 0 Å². The van der Waals surface area contributed by atoms with Crippen LogP contribution in [-0.2, 0) is 11.3 Å². The molecule has 1 aromatic rings. The van der Waals surface area contributed by atoms with Crippen LogP contribution in [0.15, 0.2) is 30.3 Å². The lowest BCUT2D eigenvalue weighted by atomic mass is 10.1. The Balaban J connectivity index is 1.82. The first-order valence-electron chi connectivity index (χ1n) is 5.94. The molecular formula is C13H16FNO2S. The molecule has 0 radical (unpaired) electrons. The van der Waals surface area contributed by atoms with Crippen molar-refractivity contribution in [3.63, 3.8) is 0 Å². The Bertz CT molecular complexity index is 401. The van der Waals surface area contributed by atoms with E-state index in [0.717, 1.165) is 5.56 Å². The molecular weight excluding hydrogens is 253 g/mol. The monoisotopic (exact) mass is 269 g/mol. The zero-order valence-electron chi connectivity index (χ0n) is 9.96. The largest absolute Gasteiger partial charge is 0.445 e. The molecule has 1 aromatic carbocycles. The van der Waals surface area contributed by atoms with Crippen LogP contribution in [-0.4, -0.2) is 35.5 Å². The Morgan fingerprint density at radius 3 is 2.83 bits per heavy atom. The molecule has 0 aromatic heterocycles. The molecule has 0 saturated carbocycles. The third kappa shape index (κ3) is 3.38. The molecule has 5 heteroatoms. The lowest BCUT2D eigenvalue weighted by Crippen LogP contribution is -2.45. The van der Waals surface area contributed by atoms with E-state index in [1.54, 1.807) is 0 Å². The molecule has 2 rings (SSSR count). The van der Waals surface area contributed by atoms with Crippen LogP contribution in [0.3, 0.4) is 0 Å². The van der Waals surface area contributed by atoms with Crippen molar-refractivity contribution in [2.45, 2.75) is 24.4 Å². The number of carbonyl (C=O) groups excluding carboxylic acids is 1. The number of carbonyl (C=O) groups is 1. The maximum absolute atomic E-state index is 13.2. The highest BCUT2D eigenvalue weighted by Crippen LogP contribution is 2.19. The Morgan fingerprint density at radius 1 is 1.44 bits per heavy atom. The molecule has 1 amide bonds. The lowest BCUT2D eigenvalue weighted by molar-refractivity contribution is 0.0793. The number of alkyl halides is 1. The normalized spacial score (nSPS) is 23.8. The van der Waals surface area contributed by atoms with Gasteiger partial charge in [-0.2, -0.15) is 12.6 Å². The van der Waals surface area contributed by atoms with Crippen molar-refractivity contribution in [1.82, 2.24) is 4.90 Å². The van der Waals surface area contributed by atoms with Gasteiger partial charge in [0.25, 0.3) is 0 Å². The summed E-state index contributed by atoms with van der Waals surface area (Å²) in [5.74, 6) is 0. The van der Waals surface area contributed by atoms with Crippen LogP contribution in [0.25, 0.3) is 0 Å². The summed E-state index contributed by atoms with van der Waals surface area (Å²) in [7, 11) is 0. The van der Waals surface area contributed by atoms with E-state index in [0.29, 0.717) is 19.5 Å². The molecule has 1 aliphatic rings. The van der Waals surface area contributed by atoms with E-state index >= 15 is 0 Å². The number of hydrogen-bond donors (Lipinski definition) is 1. The second-order valence-corrected chi connectivity index (χ2v) is 5.02. The minimum Gasteiger partial charge on any atom is -0.445 e. The molecule has 1 heterocycles. The maximum atomic E-state index is 13.2. The van der Waals surface area contributed by atoms with Crippen molar-refractivity contribution in [1.29, 1.82) is 0 Å². The van der Waals surface area contributed by atoms with E-state index in [2.05, 4.69) is 12.6 Å². The number of hydrogen-bond acceptors (Lipinski definition) is 3. The van der Waals surface area contributed by atoms with Gasteiger partial charge in [0, 0.05) is 13.1 Å². The third-order valence-electron chi connectivity index (χ3n) is 2.96. The van der Waals surface area contributed by atoms with Crippen molar-refractivity contribution < 1.29 is 13.9 Å². The highest BCUT2D eigenvalue weighted by Gasteiger charge is 2.29. The van der Waals surface area contributed by atoms with Gasteiger partial charge in [-0.05, 0) is 12.0 Å². The van der Waals surface area contributed by atoms with Crippen molar-refractivity contribution >= 4 is 18.7 Å². The second-order valence-electron chi connectivity index (χ2n) is 4.36. The van der Waals surface area contributed by atoms with Crippen molar-refractivity contribution in [2.24, 2.45) is 0 Å². The molecule has 1 aliphatic heterocycles. The van der Waals surface area contributed by atoms with Gasteiger partial charge < -0.3 is 9.64 Å². The fraction of sp³-hybridized carbons (Fsp3) is 0.462. The lowest BCUT2D eigenvalue weighted by Gasteiger charge is -2.31. The van der Waals surface area contributed by atoms with Gasteiger partial charge >= 0.3 is 6.09 Å². The Morgan fingerprint density at radius 2 is 2.17 bits per heavy atom. The van der Waals surface area contributed by atoms with E-state index in [9.17, 15) is 9.18 Å². The number of piperidine rings is 1. The van der Waals surface area contributed by atoms with Gasteiger partial charge in [0.2, 0.25) is 0 Å². The van der Waals surface area contributed by atoms with E-state index in [-0.39, 0.29) is 6.61 Å².